The first-order valence-electron chi connectivity index (χ1n) is 8.13. The fraction of sp³-hybridized carbons (Fsp3) is 0.211. The molecule has 5 nitrogen and oxygen atoms in total. The van der Waals surface area contributed by atoms with E-state index in [0.717, 1.165) is 12.0 Å². The Kier molecular flexibility index (Phi) is 4.24. The first-order chi connectivity index (χ1) is 12.2. The van der Waals surface area contributed by atoms with Crippen LogP contribution >= 0.6 is 11.6 Å². The zero-order valence-electron chi connectivity index (χ0n) is 13.4. The van der Waals surface area contributed by atoms with Crippen LogP contribution in [0.25, 0.3) is 11.3 Å². The van der Waals surface area contributed by atoms with Crippen LogP contribution in [0.1, 0.15) is 28.3 Å². The lowest BCUT2D eigenvalue weighted by Gasteiger charge is -2.16. The summed E-state index contributed by atoms with van der Waals surface area (Å²) in [5.41, 5.74) is 2.28. The molecule has 1 atom stereocenters. The first-order valence-corrected chi connectivity index (χ1v) is 8.50. The Morgan fingerprint density at radius 1 is 1.20 bits per heavy atom. The van der Waals surface area contributed by atoms with Gasteiger partial charge in [0, 0.05) is 37.0 Å². The second kappa shape index (κ2) is 6.69. The highest BCUT2D eigenvalue weighted by Gasteiger charge is 2.31. The van der Waals surface area contributed by atoms with E-state index in [1.807, 2.05) is 35.4 Å². The number of amides is 1. The molecule has 0 saturated carbocycles. The zero-order valence-corrected chi connectivity index (χ0v) is 14.2. The number of hydrogen-bond donors (Lipinski definition) is 0. The summed E-state index contributed by atoms with van der Waals surface area (Å²) in [7, 11) is 0. The fourth-order valence-electron chi connectivity index (χ4n) is 3.24. The van der Waals surface area contributed by atoms with E-state index in [9.17, 15) is 4.79 Å². The molecule has 126 valence electrons. The summed E-state index contributed by atoms with van der Waals surface area (Å²) in [6, 6.07) is 11.3. The van der Waals surface area contributed by atoms with Crippen LogP contribution in [0.2, 0.25) is 5.02 Å². The average molecular weight is 354 g/mol. The lowest BCUT2D eigenvalue weighted by Crippen LogP contribution is -2.28. The first kappa shape index (κ1) is 15.8. The molecule has 1 aliphatic rings. The van der Waals surface area contributed by atoms with Crippen LogP contribution in [0.4, 0.5) is 0 Å². The van der Waals surface area contributed by atoms with Crippen molar-refractivity contribution in [3.05, 3.63) is 71.1 Å². The lowest BCUT2D eigenvalue weighted by molar-refractivity contribution is 0.0791. The number of rotatable bonds is 3. The van der Waals surface area contributed by atoms with Gasteiger partial charge in [0.15, 0.2) is 5.76 Å². The monoisotopic (exact) mass is 353 g/mol. The van der Waals surface area contributed by atoms with Crippen molar-refractivity contribution < 1.29 is 9.32 Å². The van der Waals surface area contributed by atoms with Crippen molar-refractivity contribution in [1.29, 1.82) is 0 Å². The van der Waals surface area contributed by atoms with Crippen molar-refractivity contribution in [1.82, 2.24) is 15.0 Å². The van der Waals surface area contributed by atoms with Gasteiger partial charge >= 0.3 is 0 Å². The van der Waals surface area contributed by atoms with Gasteiger partial charge in [0.25, 0.3) is 5.91 Å². The second-order valence-corrected chi connectivity index (χ2v) is 6.48. The summed E-state index contributed by atoms with van der Waals surface area (Å²) in [5, 5.41) is 4.35. The standard InChI is InChI=1S/C19H16ClN3O2/c20-17-6-2-1-5-15(17)18-16(11-22-25-18)19(24)23-9-7-14(12-23)13-4-3-8-21-10-13/h1-6,8,10-11,14H,7,9,12H2. The van der Waals surface area contributed by atoms with Gasteiger partial charge in [-0.15, -0.1) is 0 Å². The molecule has 6 heteroatoms. The molecule has 0 radical (unpaired) electrons. The molecule has 1 unspecified atom stereocenters. The molecule has 3 aromatic rings. The van der Waals surface area contributed by atoms with Crippen LogP contribution in [-0.4, -0.2) is 34.0 Å². The summed E-state index contributed by atoms with van der Waals surface area (Å²) in [6.45, 7) is 1.36. The Morgan fingerprint density at radius 3 is 2.88 bits per heavy atom. The number of nitrogens with zero attached hydrogens (tertiary/aromatic N) is 3. The fourth-order valence-corrected chi connectivity index (χ4v) is 3.46. The Labute approximate surface area is 150 Å². The normalized spacial score (nSPS) is 17.0. The predicted octanol–water partition coefficient (Wildman–Crippen LogP) is 4.02. The van der Waals surface area contributed by atoms with Gasteiger partial charge in [-0.25, -0.2) is 0 Å². The van der Waals surface area contributed by atoms with Crippen LogP contribution < -0.4 is 0 Å². The topological polar surface area (TPSA) is 59.2 Å². The maximum absolute atomic E-state index is 13.0. The molecular weight excluding hydrogens is 338 g/mol. The van der Waals surface area contributed by atoms with Crippen LogP contribution in [0.15, 0.2) is 59.5 Å². The third-order valence-corrected chi connectivity index (χ3v) is 4.88. The average Bonchev–Trinajstić information content (AvgIpc) is 3.32. The van der Waals surface area contributed by atoms with E-state index in [1.54, 1.807) is 12.3 Å². The summed E-state index contributed by atoms with van der Waals surface area (Å²) >= 11 is 6.24. The maximum Gasteiger partial charge on any atom is 0.259 e. The maximum atomic E-state index is 13.0. The van der Waals surface area contributed by atoms with E-state index in [0.29, 0.717) is 40.9 Å². The van der Waals surface area contributed by atoms with E-state index >= 15 is 0 Å². The molecule has 0 bridgehead atoms. The molecule has 1 fully saturated rings. The minimum atomic E-state index is -0.0810. The van der Waals surface area contributed by atoms with Gasteiger partial charge in [-0.05, 0) is 30.2 Å². The summed E-state index contributed by atoms with van der Waals surface area (Å²) < 4.78 is 5.33. The highest BCUT2D eigenvalue weighted by Crippen LogP contribution is 2.33. The summed E-state index contributed by atoms with van der Waals surface area (Å²) in [4.78, 5) is 19.0. The van der Waals surface area contributed by atoms with E-state index in [1.165, 1.54) is 6.20 Å². The molecule has 4 rings (SSSR count). The quantitative estimate of drug-likeness (QED) is 0.713. The molecule has 1 saturated heterocycles. The van der Waals surface area contributed by atoms with E-state index in [4.69, 9.17) is 16.1 Å². The molecule has 0 N–H and O–H groups in total. The number of halogens is 1. The Hall–Kier alpha value is -2.66. The molecule has 1 aromatic carbocycles. The smallest absolute Gasteiger partial charge is 0.259 e. The number of benzene rings is 1. The molecule has 0 spiro atoms. The molecule has 3 heterocycles. The van der Waals surface area contributed by atoms with Gasteiger partial charge < -0.3 is 9.42 Å². The van der Waals surface area contributed by atoms with Crippen molar-refractivity contribution in [3.8, 4) is 11.3 Å². The van der Waals surface area contributed by atoms with Crippen LogP contribution in [-0.2, 0) is 0 Å². The van der Waals surface area contributed by atoms with Crippen molar-refractivity contribution >= 4 is 17.5 Å². The minimum Gasteiger partial charge on any atom is -0.355 e. The molecule has 1 amide bonds. The lowest BCUT2D eigenvalue weighted by atomic mass is 10.0. The van der Waals surface area contributed by atoms with Gasteiger partial charge in [0.1, 0.15) is 5.56 Å². The number of hydrogen-bond acceptors (Lipinski definition) is 4. The highest BCUT2D eigenvalue weighted by molar-refractivity contribution is 6.33. The van der Waals surface area contributed by atoms with Crippen LogP contribution in [0.3, 0.4) is 0 Å². The molecule has 1 aliphatic heterocycles. The van der Waals surface area contributed by atoms with E-state index in [-0.39, 0.29) is 5.91 Å². The van der Waals surface area contributed by atoms with Crippen molar-refractivity contribution in [2.75, 3.05) is 13.1 Å². The summed E-state index contributed by atoms with van der Waals surface area (Å²) in [6.07, 6.45) is 6.02. The largest absolute Gasteiger partial charge is 0.355 e. The number of carbonyl (C=O) groups excluding carboxylic acids is 1. The van der Waals surface area contributed by atoms with Gasteiger partial charge in [0.2, 0.25) is 0 Å². The van der Waals surface area contributed by atoms with Crippen LogP contribution in [0.5, 0.6) is 0 Å². The zero-order chi connectivity index (χ0) is 17.2. The minimum absolute atomic E-state index is 0.0810. The summed E-state index contributed by atoms with van der Waals surface area (Å²) in [5.74, 6) is 0.643. The second-order valence-electron chi connectivity index (χ2n) is 6.07. The molecule has 2 aromatic heterocycles. The molecule has 0 aliphatic carbocycles. The third kappa shape index (κ3) is 3.03. The Morgan fingerprint density at radius 2 is 2.08 bits per heavy atom. The number of aromatic nitrogens is 2. The van der Waals surface area contributed by atoms with E-state index < -0.39 is 0 Å². The highest BCUT2D eigenvalue weighted by atomic mass is 35.5. The number of carbonyl (C=O) groups is 1. The number of likely N-dealkylation sites (tertiary alicyclic amines) is 1. The Balaban J connectivity index is 1.57. The van der Waals surface area contributed by atoms with Gasteiger partial charge in [-0.1, -0.05) is 35.0 Å². The Bertz CT molecular complexity index is 894. The van der Waals surface area contributed by atoms with Gasteiger partial charge in [0.05, 0.1) is 11.2 Å². The predicted molar refractivity (Wildman–Crippen MR) is 94.4 cm³/mol. The van der Waals surface area contributed by atoms with Gasteiger partial charge in [-0.3, -0.25) is 9.78 Å². The van der Waals surface area contributed by atoms with Crippen LogP contribution in [0, 0.1) is 0 Å². The molecule has 25 heavy (non-hydrogen) atoms. The van der Waals surface area contributed by atoms with E-state index in [2.05, 4.69) is 16.2 Å². The molecular formula is C19H16ClN3O2. The van der Waals surface area contributed by atoms with Gasteiger partial charge in [-0.2, -0.15) is 0 Å². The van der Waals surface area contributed by atoms with Crippen molar-refractivity contribution in [2.24, 2.45) is 0 Å². The SMILES string of the molecule is O=C(c1cnoc1-c1ccccc1Cl)N1CCC(c2cccnc2)C1. The van der Waals surface area contributed by atoms with Crippen molar-refractivity contribution in [3.63, 3.8) is 0 Å². The number of pyridine rings is 1. The van der Waals surface area contributed by atoms with Crippen molar-refractivity contribution in [2.45, 2.75) is 12.3 Å². The third-order valence-electron chi connectivity index (χ3n) is 4.55.